The van der Waals surface area contributed by atoms with Gasteiger partial charge in [-0.15, -0.1) is 0 Å². The zero-order valence-electron chi connectivity index (χ0n) is 10.7. The normalized spacial score (nSPS) is 39.6. The lowest BCUT2D eigenvalue weighted by molar-refractivity contribution is 0.0105. The van der Waals surface area contributed by atoms with E-state index in [9.17, 15) is 0 Å². The standard InChI is InChI=1S/C14H17Cl2N3/c15-11-7-17-13(16)18-12(11)19-14-4-8-1-9(5-14)3-10(2-8)6-14/h7-10H,1-6H2,(H,17,18,19). The Kier molecular flexibility index (Phi) is 2.72. The van der Waals surface area contributed by atoms with Crippen LogP contribution in [0.3, 0.4) is 0 Å². The summed E-state index contributed by atoms with van der Waals surface area (Å²) in [4.78, 5) is 8.18. The van der Waals surface area contributed by atoms with E-state index in [-0.39, 0.29) is 10.8 Å². The van der Waals surface area contributed by atoms with Crippen LogP contribution in [-0.4, -0.2) is 15.5 Å². The largest absolute Gasteiger partial charge is 0.363 e. The number of hydrogen-bond donors (Lipinski definition) is 1. The summed E-state index contributed by atoms with van der Waals surface area (Å²) < 4.78 is 0. The first kappa shape index (κ1) is 12.2. The Labute approximate surface area is 123 Å². The summed E-state index contributed by atoms with van der Waals surface area (Å²) in [5.41, 5.74) is 0.204. The van der Waals surface area contributed by atoms with Crippen molar-refractivity contribution in [1.82, 2.24) is 9.97 Å². The SMILES string of the molecule is Clc1ncc(Cl)c(NC23CC4CC(CC(C4)C2)C3)n1. The van der Waals surface area contributed by atoms with Gasteiger partial charge in [0.05, 0.1) is 6.20 Å². The summed E-state index contributed by atoms with van der Waals surface area (Å²) in [6, 6.07) is 0. The highest BCUT2D eigenvalue weighted by atomic mass is 35.5. The molecule has 4 fully saturated rings. The molecule has 0 amide bonds. The van der Waals surface area contributed by atoms with Crippen LogP contribution < -0.4 is 5.32 Å². The van der Waals surface area contributed by atoms with Gasteiger partial charge in [0.1, 0.15) is 10.8 Å². The van der Waals surface area contributed by atoms with Crippen LogP contribution in [-0.2, 0) is 0 Å². The molecule has 0 aromatic carbocycles. The number of aromatic nitrogens is 2. The first-order valence-corrected chi connectivity index (χ1v) is 7.84. The van der Waals surface area contributed by atoms with E-state index in [0.29, 0.717) is 10.8 Å². The van der Waals surface area contributed by atoms with Crippen LogP contribution in [0.1, 0.15) is 38.5 Å². The minimum atomic E-state index is 0.204. The van der Waals surface area contributed by atoms with E-state index in [1.807, 2.05) is 0 Å². The molecule has 0 unspecified atom stereocenters. The topological polar surface area (TPSA) is 37.8 Å². The summed E-state index contributed by atoms with van der Waals surface area (Å²) in [6.07, 6.45) is 9.65. The lowest BCUT2D eigenvalue weighted by atomic mass is 9.53. The molecule has 4 bridgehead atoms. The van der Waals surface area contributed by atoms with Gasteiger partial charge in [0, 0.05) is 5.54 Å². The Morgan fingerprint density at radius 1 is 1.05 bits per heavy atom. The van der Waals surface area contributed by atoms with Crippen molar-refractivity contribution in [3.05, 3.63) is 16.5 Å². The lowest BCUT2D eigenvalue weighted by Crippen LogP contribution is -2.54. The van der Waals surface area contributed by atoms with Crippen molar-refractivity contribution < 1.29 is 0 Å². The Hall–Kier alpha value is -0.540. The zero-order chi connectivity index (χ0) is 13.0. The smallest absolute Gasteiger partial charge is 0.224 e. The molecule has 1 aromatic heterocycles. The first-order chi connectivity index (χ1) is 9.12. The average molecular weight is 298 g/mol. The Morgan fingerprint density at radius 3 is 2.21 bits per heavy atom. The van der Waals surface area contributed by atoms with Crippen molar-refractivity contribution in [1.29, 1.82) is 0 Å². The van der Waals surface area contributed by atoms with Gasteiger partial charge in [0.2, 0.25) is 5.28 Å². The van der Waals surface area contributed by atoms with Crippen LogP contribution in [0, 0.1) is 17.8 Å². The minimum absolute atomic E-state index is 0.204. The maximum atomic E-state index is 6.19. The van der Waals surface area contributed by atoms with E-state index < -0.39 is 0 Å². The van der Waals surface area contributed by atoms with Gasteiger partial charge in [-0.2, -0.15) is 4.98 Å². The maximum absolute atomic E-state index is 6.19. The second-order valence-electron chi connectivity index (χ2n) is 6.66. The number of nitrogens with zero attached hydrogens (tertiary/aromatic N) is 2. The quantitative estimate of drug-likeness (QED) is 0.833. The molecule has 102 valence electrons. The zero-order valence-corrected chi connectivity index (χ0v) is 12.2. The summed E-state index contributed by atoms with van der Waals surface area (Å²) in [7, 11) is 0. The van der Waals surface area contributed by atoms with E-state index in [1.165, 1.54) is 38.5 Å². The van der Waals surface area contributed by atoms with Gasteiger partial charge in [0.15, 0.2) is 0 Å². The van der Waals surface area contributed by atoms with Crippen molar-refractivity contribution in [3.8, 4) is 0 Å². The third kappa shape index (κ3) is 2.11. The monoisotopic (exact) mass is 297 g/mol. The predicted molar refractivity (Wildman–Crippen MR) is 76.6 cm³/mol. The lowest BCUT2D eigenvalue weighted by Gasteiger charge is -2.57. The summed E-state index contributed by atoms with van der Waals surface area (Å²) in [5, 5.41) is 4.46. The van der Waals surface area contributed by atoms with Crippen LogP contribution >= 0.6 is 23.2 Å². The van der Waals surface area contributed by atoms with E-state index in [2.05, 4.69) is 15.3 Å². The molecule has 4 aliphatic rings. The van der Waals surface area contributed by atoms with Crippen LogP contribution in [0.15, 0.2) is 6.20 Å². The molecular formula is C14H17Cl2N3. The fourth-order valence-corrected chi connectivity index (χ4v) is 5.22. The molecule has 5 heteroatoms. The Balaban J connectivity index is 1.64. The average Bonchev–Trinajstić information content (AvgIpc) is 2.31. The molecule has 1 aromatic rings. The Morgan fingerprint density at radius 2 is 1.63 bits per heavy atom. The van der Waals surface area contributed by atoms with Gasteiger partial charge >= 0.3 is 0 Å². The third-order valence-corrected chi connectivity index (χ3v) is 5.60. The molecule has 0 aliphatic heterocycles. The number of rotatable bonds is 2. The van der Waals surface area contributed by atoms with Crippen LogP contribution in [0.25, 0.3) is 0 Å². The van der Waals surface area contributed by atoms with Crippen LogP contribution in [0.4, 0.5) is 5.82 Å². The van der Waals surface area contributed by atoms with Gasteiger partial charge < -0.3 is 5.32 Å². The van der Waals surface area contributed by atoms with Crippen molar-refractivity contribution in [2.24, 2.45) is 17.8 Å². The Bertz CT molecular complexity index is 482. The molecule has 0 saturated heterocycles. The van der Waals surface area contributed by atoms with Crippen LogP contribution in [0.2, 0.25) is 10.3 Å². The van der Waals surface area contributed by atoms with E-state index in [1.54, 1.807) is 6.20 Å². The van der Waals surface area contributed by atoms with Crippen molar-refractivity contribution >= 4 is 29.0 Å². The van der Waals surface area contributed by atoms with E-state index in [4.69, 9.17) is 23.2 Å². The highest BCUT2D eigenvalue weighted by Gasteiger charge is 2.51. The summed E-state index contributed by atoms with van der Waals surface area (Å²) >= 11 is 12.1. The minimum Gasteiger partial charge on any atom is -0.363 e. The molecule has 1 N–H and O–H groups in total. The van der Waals surface area contributed by atoms with E-state index >= 15 is 0 Å². The highest BCUT2D eigenvalue weighted by Crippen LogP contribution is 2.56. The molecule has 1 heterocycles. The number of halogens is 2. The van der Waals surface area contributed by atoms with Gasteiger partial charge in [-0.05, 0) is 67.9 Å². The highest BCUT2D eigenvalue weighted by molar-refractivity contribution is 6.33. The molecule has 0 spiro atoms. The molecule has 5 rings (SSSR count). The van der Waals surface area contributed by atoms with Crippen molar-refractivity contribution in [2.45, 2.75) is 44.1 Å². The fraction of sp³-hybridized carbons (Fsp3) is 0.714. The fourth-order valence-electron chi connectivity index (χ4n) is 4.95. The third-order valence-electron chi connectivity index (χ3n) is 5.14. The van der Waals surface area contributed by atoms with Crippen molar-refractivity contribution in [2.75, 3.05) is 5.32 Å². The van der Waals surface area contributed by atoms with E-state index in [0.717, 1.165) is 17.8 Å². The molecular weight excluding hydrogens is 281 g/mol. The second kappa shape index (κ2) is 4.23. The molecule has 4 saturated carbocycles. The van der Waals surface area contributed by atoms with Gasteiger partial charge in [0.25, 0.3) is 0 Å². The second-order valence-corrected chi connectivity index (χ2v) is 7.40. The molecule has 19 heavy (non-hydrogen) atoms. The molecule has 3 nitrogen and oxygen atoms in total. The van der Waals surface area contributed by atoms with Gasteiger partial charge in [-0.1, -0.05) is 11.6 Å². The first-order valence-electron chi connectivity index (χ1n) is 7.08. The van der Waals surface area contributed by atoms with Crippen molar-refractivity contribution in [3.63, 3.8) is 0 Å². The predicted octanol–water partition coefficient (Wildman–Crippen LogP) is 4.16. The molecule has 0 atom stereocenters. The van der Waals surface area contributed by atoms with Gasteiger partial charge in [-0.25, -0.2) is 4.98 Å². The molecule has 4 aliphatic carbocycles. The summed E-state index contributed by atoms with van der Waals surface area (Å²) in [5.74, 6) is 3.41. The molecule has 0 radical (unpaired) electrons. The summed E-state index contributed by atoms with van der Waals surface area (Å²) in [6.45, 7) is 0. The number of hydrogen-bond acceptors (Lipinski definition) is 3. The maximum Gasteiger partial charge on any atom is 0.224 e. The van der Waals surface area contributed by atoms with Crippen LogP contribution in [0.5, 0.6) is 0 Å². The van der Waals surface area contributed by atoms with Gasteiger partial charge in [-0.3, -0.25) is 0 Å². The number of nitrogens with one attached hydrogen (secondary N) is 1. The number of anilines is 1.